The molecule has 0 saturated heterocycles. The topological polar surface area (TPSA) is 77.2 Å². The Balaban J connectivity index is 1.52. The number of nitrogens with one attached hydrogen (secondary N) is 3. The van der Waals surface area contributed by atoms with Crippen LogP contribution in [0, 0.1) is 0 Å². The van der Waals surface area contributed by atoms with E-state index in [9.17, 15) is 9.59 Å². The fraction of sp³-hybridized carbons (Fsp3) is 0.111. The molecule has 1 aliphatic rings. The predicted molar refractivity (Wildman–Crippen MR) is 102 cm³/mol. The summed E-state index contributed by atoms with van der Waals surface area (Å²) in [6, 6.07) is 13.0. The maximum absolute atomic E-state index is 12.3. The van der Waals surface area contributed by atoms with E-state index in [0.29, 0.717) is 17.1 Å². The Hall–Kier alpha value is -2.93. The summed E-state index contributed by atoms with van der Waals surface area (Å²) in [7, 11) is 1.75. The molecule has 6 nitrogen and oxygen atoms in total. The van der Waals surface area contributed by atoms with Crippen LogP contribution in [0.25, 0.3) is 10.9 Å². The van der Waals surface area contributed by atoms with Crippen molar-refractivity contribution in [3.05, 3.63) is 48.7 Å². The number of aromatic nitrogens is 1. The highest BCUT2D eigenvalue weighted by atomic mass is 32.2. The SMILES string of the molecule is CN1C(=O)CSc2ccc(NC(=O)Nc3c[nH]c4ccccc34)cc21. The highest BCUT2D eigenvalue weighted by molar-refractivity contribution is 8.00. The number of thioether (sulfide) groups is 1. The summed E-state index contributed by atoms with van der Waals surface area (Å²) in [6.45, 7) is 0. The monoisotopic (exact) mass is 352 g/mol. The van der Waals surface area contributed by atoms with Crippen LogP contribution >= 0.6 is 11.8 Å². The first-order valence-corrected chi connectivity index (χ1v) is 8.78. The van der Waals surface area contributed by atoms with Crippen molar-refractivity contribution in [2.24, 2.45) is 0 Å². The van der Waals surface area contributed by atoms with E-state index in [1.807, 2.05) is 42.5 Å². The van der Waals surface area contributed by atoms with Gasteiger partial charge in [-0.15, -0.1) is 11.8 Å². The molecule has 0 saturated carbocycles. The fourth-order valence-electron chi connectivity index (χ4n) is 2.81. The third kappa shape index (κ3) is 2.94. The van der Waals surface area contributed by atoms with E-state index in [1.54, 1.807) is 18.1 Å². The quantitative estimate of drug-likeness (QED) is 0.655. The number of para-hydroxylation sites is 1. The highest BCUT2D eigenvalue weighted by Crippen LogP contribution is 2.36. The Labute approximate surface area is 148 Å². The van der Waals surface area contributed by atoms with Gasteiger partial charge in [0.2, 0.25) is 5.91 Å². The molecule has 2 heterocycles. The van der Waals surface area contributed by atoms with Crippen LogP contribution in [-0.4, -0.2) is 29.7 Å². The van der Waals surface area contributed by atoms with E-state index in [2.05, 4.69) is 15.6 Å². The average Bonchev–Trinajstić information content (AvgIpc) is 3.02. The maximum atomic E-state index is 12.3. The second-order valence-corrected chi connectivity index (χ2v) is 6.77. The van der Waals surface area contributed by atoms with Gasteiger partial charge in [0.1, 0.15) is 0 Å². The summed E-state index contributed by atoms with van der Waals surface area (Å²) in [4.78, 5) is 29.9. The molecule has 0 spiro atoms. The van der Waals surface area contributed by atoms with Crippen LogP contribution in [0.1, 0.15) is 0 Å². The molecule has 0 radical (unpaired) electrons. The zero-order valence-electron chi connectivity index (χ0n) is 13.5. The number of rotatable bonds is 2. The van der Waals surface area contributed by atoms with Crippen LogP contribution < -0.4 is 15.5 Å². The van der Waals surface area contributed by atoms with Crippen molar-refractivity contribution < 1.29 is 9.59 Å². The normalized spacial score (nSPS) is 13.6. The third-order valence-electron chi connectivity index (χ3n) is 4.14. The summed E-state index contributed by atoms with van der Waals surface area (Å²) in [5.41, 5.74) is 3.13. The zero-order valence-corrected chi connectivity index (χ0v) is 14.3. The molecule has 0 fully saturated rings. The van der Waals surface area contributed by atoms with E-state index in [-0.39, 0.29) is 11.9 Å². The lowest BCUT2D eigenvalue weighted by atomic mass is 10.2. The second kappa shape index (κ2) is 6.18. The number of fused-ring (bicyclic) bond motifs is 2. The third-order valence-corrected chi connectivity index (χ3v) is 5.19. The van der Waals surface area contributed by atoms with Gasteiger partial charge in [-0.3, -0.25) is 4.79 Å². The average molecular weight is 352 g/mol. The Morgan fingerprint density at radius 3 is 2.92 bits per heavy atom. The highest BCUT2D eigenvalue weighted by Gasteiger charge is 2.21. The number of nitrogens with zero attached hydrogens (tertiary/aromatic N) is 1. The smallest absolute Gasteiger partial charge is 0.323 e. The number of hydrogen-bond acceptors (Lipinski definition) is 3. The number of urea groups is 1. The summed E-state index contributed by atoms with van der Waals surface area (Å²) >= 11 is 1.51. The van der Waals surface area contributed by atoms with Gasteiger partial charge in [-0.25, -0.2) is 4.79 Å². The minimum Gasteiger partial charge on any atom is -0.359 e. The molecule has 2 aromatic carbocycles. The first kappa shape index (κ1) is 15.6. The first-order valence-electron chi connectivity index (χ1n) is 7.79. The molecular weight excluding hydrogens is 336 g/mol. The van der Waals surface area contributed by atoms with Crippen molar-refractivity contribution in [2.45, 2.75) is 4.90 Å². The van der Waals surface area contributed by atoms with Crippen molar-refractivity contribution >= 4 is 51.7 Å². The Bertz CT molecular complexity index is 982. The number of aromatic amines is 1. The zero-order chi connectivity index (χ0) is 17.4. The number of benzene rings is 2. The Morgan fingerprint density at radius 2 is 2.04 bits per heavy atom. The number of anilines is 3. The fourth-order valence-corrected chi connectivity index (χ4v) is 3.79. The van der Waals surface area contributed by atoms with Gasteiger partial charge >= 0.3 is 6.03 Å². The lowest BCUT2D eigenvalue weighted by Gasteiger charge is -2.25. The van der Waals surface area contributed by atoms with Gasteiger partial charge in [-0.1, -0.05) is 18.2 Å². The van der Waals surface area contributed by atoms with Gasteiger partial charge in [0.25, 0.3) is 0 Å². The van der Waals surface area contributed by atoms with Crippen molar-refractivity contribution in [2.75, 3.05) is 28.3 Å². The van der Waals surface area contributed by atoms with E-state index < -0.39 is 0 Å². The van der Waals surface area contributed by atoms with Crippen LogP contribution in [0.15, 0.2) is 53.6 Å². The molecular formula is C18H16N4O2S. The van der Waals surface area contributed by atoms with Crippen LogP contribution in [0.5, 0.6) is 0 Å². The minimum atomic E-state index is -0.331. The second-order valence-electron chi connectivity index (χ2n) is 5.75. The maximum Gasteiger partial charge on any atom is 0.323 e. The first-order chi connectivity index (χ1) is 12.1. The van der Waals surface area contributed by atoms with Gasteiger partial charge in [-0.2, -0.15) is 0 Å². The van der Waals surface area contributed by atoms with Gasteiger partial charge in [0.15, 0.2) is 0 Å². The molecule has 3 amide bonds. The molecule has 7 heteroatoms. The molecule has 1 aromatic heterocycles. The molecule has 3 aromatic rings. The van der Waals surface area contributed by atoms with Gasteiger partial charge in [0.05, 0.1) is 17.1 Å². The molecule has 0 aliphatic carbocycles. The summed E-state index contributed by atoms with van der Waals surface area (Å²) < 4.78 is 0. The molecule has 25 heavy (non-hydrogen) atoms. The molecule has 3 N–H and O–H groups in total. The molecule has 0 unspecified atom stereocenters. The van der Waals surface area contributed by atoms with E-state index in [4.69, 9.17) is 0 Å². The molecule has 4 rings (SSSR count). The number of carbonyl (C=O) groups is 2. The van der Waals surface area contributed by atoms with E-state index in [1.165, 1.54) is 11.8 Å². The number of carbonyl (C=O) groups excluding carboxylic acids is 2. The van der Waals surface area contributed by atoms with Crippen molar-refractivity contribution in [3.8, 4) is 0 Å². The largest absolute Gasteiger partial charge is 0.359 e. The summed E-state index contributed by atoms with van der Waals surface area (Å²) in [6.07, 6.45) is 1.76. The lowest BCUT2D eigenvalue weighted by Crippen LogP contribution is -2.31. The lowest BCUT2D eigenvalue weighted by molar-refractivity contribution is -0.116. The van der Waals surface area contributed by atoms with Crippen LogP contribution in [0.2, 0.25) is 0 Å². The summed E-state index contributed by atoms with van der Waals surface area (Å²) in [5.74, 6) is 0.495. The van der Waals surface area contributed by atoms with Crippen LogP contribution in [0.4, 0.5) is 21.9 Å². The molecule has 126 valence electrons. The molecule has 0 bridgehead atoms. The minimum absolute atomic E-state index is 0.0536. The molecule has 1 aliphatic heterocycles. The van der Waals surface area contributed by atoms with Gasteiger partial charge < -0.3 is 20.5 Å². The summed E-state index contributed by atoms with van der Waals surface area (Å²) in [5, 5.41) is 6.61. The van der Waals surface area contributed by atoms with E-state index >= 15 is 0 Å². The van der Waals surface area contributed by atoms with Crippen LogP contribution in [-0.2, 0) is 4.79 Å². The van der Waals surface area contributed by atoms with Crippen LogP contribution in [0.3, 0.4) is 0 Å². The van der Waals surface area contributed by atoms with Crippen molar-refractivity contribution in [3.63, 3.8) is 0 Å². The van der Waals surface area contributed by atoms with Crippen molar-refractivity contribution in [1.29, 1.82) is 0 Å². The number of hydrogen-bond donors (Lipinski definition) is 3. The molecule has 0 atom stereocenters. The van der Waals surface area contributed by atoms with Gasteiger partial charge in [0, 0.05) is 34.7 Å². The standard InChI is InChI=1S/C18H16N4O2S/c1-22-15-8-11(6-7-16(15)25-10-17(22)23)20-18(24)21-14-9-19-13-5-3-2-4-12(13)14/h2-9,19H,10H2,1H3,(H2,20,21,24). The Kier molecular flexibility index (Phi) is 3.85. The number of H-pyrrole nitrogens is 1. The number of amides is 3. The van der Waals surface area contributed by atoms with Crippen molar-refractivity contribution in [1.82, 2.24) is 4.98 Å². The van der Waals surface area contributed by atoms with Gasteiger partial charge in [-0.05, 0) is 24.3 Å². The predicted octanol–water partition coefficient (Wildman–Crippen LogP) is 3.88. The van der Waals surface area contributed by atoms with E-state index in [0.717, 1.165) is 21.5 Å². The Morgan fingerprint density at radius 1 is 1.20 bits per heavy atom.